The quantitative estimate of drug-likeness (QED) is 0.686. The summed E-state index contributed by atoms with van der Waals surface area (Å²) in [5.74, 6) is -1.54. The van der Waals surface area contributed by atoms with Crippen LogP contribution in [0.2, 0.25) is 0 Å². The van der Waals surface area contributed by atoms with Gasteiger partial charge in [0, 0.05) is 6.54 Å². The molecule has 8 heteroatoms. The molecule has 0 bridgehead atoms. The summed E-state index contributed by atoms with van der Waals surface area (Å²) in [7, 11) is -2.25. The molecule has 1 aromatic rings. The zero-order valence-electron chi connectivity index (χ0n) is 12.7. The van der Waals surface area contributed by atoms with Crippen LogP contribution in [0.25, 0.3) is 0 Å². The Bertz CT molecular complexity index is 691. The third-order valence-corrected chi connectivity index (χ3v) is 5.47. The predicted molar refractivity (Wildman–Crippen MR) is 82.3 cm³/mol. The fraction of sp³-hybridized carbons (Fsp3) is 0.467. The van der Waals surface area contributed by atoms with E-state index >= 15 is 0 Å². The maximum Gasteiger partial charge on any atom is 0.335 e. The highest BCUT2D eigenvalue weighted by atomic mass is 32.2. The molecule has 1 aliphatic carbocycles. The number of hydrogen-bond donors (Lipinski definition) is 2. The number of aromatic carboxylic acids is 1. The number of carbonyl (C=O) groups excluding carboxylic acids is 1. The van der Waals surface area contributed by atoms with Crippen LogP contribution in [0.5, 0.6) is 0 Å². The molecule has 0 unspecified atom stereocenters. The molecule has 7 nitrogen and oxygen atoms in total. The molecule has 23 heavy (non-hydrogen) atoms. The summed E-state index contributed by atoms with van der Waals surface area (Å²) in [4.78, 5) is 22.1. The fourth-order valence-corrected chi connectivity index (χ4v) is 4.03. The Morgan fingerprint density at radius 3 is 2.35 bits per heavy atom. The number of rotatable bonds is 8. The molecule has 0 amide bonds. The molecule has 0 aliphatic heterocycles. The van der Waals surface area contributed by atoms with Crippen molar-refractivity contribution >= 4 is 22.0 Å². The van der Waals surface area contributed by atoms with Crippen LogP contribution in [0.15, 0.2) is 24.3 Å². The van der Waals surface area contributed by atoms with Crippen LogP contribution in [0.3, 0.4) is 0 Å². The summed E-state index contributed by atoms with van der Waals surface area (Å²) in [6.07, 6.45) is 1.49. The van der Waals surface area contributed by atoms with Crippen molar-refractivity contribution in [1.82, 2.24) is 4.72 Å². The largest absolute Gasteiger partial charge is 0.478 e. The topological polar surface area (TPSA) is 110 Å². The zero-order valence-corrected chi connectivity index (χ0v) is 13.6. The van der Waals surface area contributed by atoms with Gasteiger partial charge in [0.1, 0.15) is 0 Å². The van der Waals surface area contributed by atoms with Gasteiger partial charge in [-0.1, -0.05) is 12.1 Å². The van der Waals surface area contributed by atoms with Crippen LogP contribution < -0.4 is 4.72 Å². The van der Waals surface area contributed by atoms with E-state index in [2.05, 4.69) is 9.46 Å². The van der Waals surface area contributed by atoms with E-state index in [-0.39, 0.29) is 24.3 Å². The molecule has 0 saturated heterocycles. The van der Waals surface area contributed by atoms with Crippen molar-refractivity contribution in [1.29, 1.82) is 0 Å². The van der Waals surface area contributed by atoms with Crippen molar-refractivity contribution in [2.45, 2.75) is 25.8 Å². The Labute approximate surface area is 134 Å². The molecule has 0 spiro atoms. The first kappa shape index (κ1) is 17.4. The number of nitrogens with one attached hydrogen (secondary N) is 1. The molecule has 2 rings (SSSR count). The number of carboxylic acid groups (broad SMARTS) is 1. The zero-order chi connectivity index (χ0) is 17.1. The second-order valence-electron chi connectivity index (χ2n) is 5.84. The molecule has 0 heterocycles. The van der Waals surface area contributed by atoms with Crippen LogP contribution in [0.4, 0.5) is 0 Å². The van der Waals surface area contributed by atoms with Crippen LogP contribution >= 0.6 is 0 Å². The van der Waals surface area contributed by atoms with Crippen LogP contribution in [0, 0.1) is 5.41 Å². The van der Waals surface area contributed by atoms with Crippen molar-refractivity contribution in [3.8, 4) is 0 Å². The third-order valence-electron chi connectivity index (χ3n) is 3.90. The molecule has 1 fully saturated rings. The minimum Gasteiger partial charge on any atom is -0.478 e. The molecule has 0 aromatic heterocycles. The SMILES string of the molecule is COC(=O)CC1(CS(=O)(=O)NCc2ccc(C(=O)O)cc2)CC1. The molecule has 1 saturated carbocycles. The lowest BCUT2D eigenvalue weighted by Crippen LogP contribution is -2.31. The number of carbonyl (C=O) groups is 2. The Morgan fingerprint density at radius 2 is 1.87 bits per heavy atom. The van der Waals surface area contributed by atoms with E-state index in [0.29, 0.717) is 18.4 Å². The van der Waals surface area contributed by atoms with Crippen molar-refractivity contribution in [2.75, 3.05) is 12.9 Å². The summed E-state index contributed by atoms with van der Waals surface area (Å²) >= 11 is 0. The second kappa shape index (κ2) is 6.67. The monoisotopic (exact) mass is 341 g/mol. The molecular weight excluding hydrogens is 322 g/mol. The van der Waals surface area contributed by atoms with E-state index in [4.69, 9.17) is 5.11 Å². The molecular formula is C15H19NO6S. The van der Waals surface area contributed by atoms with Gasteiger partial charge in [-0.25, -0.2) is 17.9 Å². The van der Waals surface area contributed by atoms with Gasteiger partial charge in [-0.05, 0) is 36.0 Å². The van der Waals surface area contributed by atoms with Gasteiger partial charge in [0.2, 0.25) is 10.0 Å². The Balaban J connectivity index is 1.91. The van der Waals surface area contributed by atoms with Crippen molar-refractivity contribution in [3.63, 3.8) is 0 Å². The van der Waals surface area contributed by atoms with Gasteiger partial charge >= 0.3 is 11.9 Å². The summed E-state index contributed by atoms with van der Waals surface area (Å²) < 4.78 is 31.4. The third kappa shape index (κ3) is 5.04. The summed E-state index contributed by atoms with van der Waals surface area (Å²) in [6.45, 7) is 0.0799. The highest BCUT2D eigenvalue weighted by Gasteiger charge is 2.47. The Kier molecular flexibility index (Phi) is 5.06. The molecule has 2 N–H and O–H groups in total. The van der Waals surface area contributed by atoms with Crippen LogP contribution in [-0.4, -0.2) is 38.3 Å². The first-order valence-corrected chi connectivity index (χ1v) is 8.77. The first-order valence-electron chi connectivity index (χ1n) is 7.12. The summed E-state index contributed by atoms with van der Waals surface area (Å²) in [5, 5.41) is 8.81. The molecule has 0 atom stereocenters. The summed E-state index contributed by atoms with van der Waals surface area (Å²) in [6, 6.07) is 5.97. The van der Waals surface area contributed by atoms with Gasteiger partial charge in [0.05, 0.1) is 24.8 Å². The minimum atomic E-state index is -3.53. The van der Waals surface area contributed by atoms with Crippen molar-refractivity contribution in [2.24, 2.45) is 5.41 Å². The molecule has 1 aromatic carbocycles. The van der Waals surface area contributed by atoms with Gasteiger partial charge in [-0.2, -0.15) is 0 Å². The lowest BCUT2D eigenvalue weighted by Gasteiger charge is -2.14. The highest BCUT2D eigenvalue weighted by molar-refractivity contribution is 7.89. The van der Waals surface area contributed by atoms with Gasteiger partial charge in [-0.15, -0.1) is 0 Å². The summed E-state index contributed by atoms with van der Waals surface area (Å²) in [5.41, 5.74) is 0.300. The number of ether oxygens (including phenoxy) is 1. The predicted octanol–water partition coefficient (Wildman–Crippen LogP) is 1.15. The van der Waals surface area contributed by atoms with E-state index < -0.39 is 27.4 Å². The average Bonchev–Trinajstić information content (AvgIpc) is 3.23. The lowest BCUT2D eigenvalue weighted by atomic mass is 10.1. The Morgan fingerprint density at radius 1 is 1.26 bits per heavy atom. The number of carboxylic acids is 1. The van der Waals surface area contributed by atoms with Gasteiger partial charge in [0.25, 0.3) is 0 Å². The van der Waals surface area contributed by atoms with Gasteiger partial charge in [-0.3, -0.25) is 4.79 Å². The number of hydrogen-bond acceptors (Lipinski definition) is 5. The number of methoxy groups -OCH3 is 1. The standard InChI is InChI=1S/C15H19NO6S/c1-22-13(17)8-15(6-7-15)10-23(20,21)16-9-11-2-4-12(5-3-11)14(18)19/h2-5,16H,6-10H2,1H3,(H,18,19). The average molecular weight is 341 g/mol. The van der Waals surface area contributed by atoms with Crippen LogP contribution in [0.1, 0.15) is 35.2 Å². The normalized spacial score (nSPS) is 15.9. The number of benzene rings is 1. The second-order valence-corrected chi connectivity index (χ2v) is 7.64. The number of esters is 1. The van der Waals surface area contributed by atoms with Gasteiger partial charge in [0.15, 0.2) is 0 Å². The van der Waals surface area contributed by atoms with E-state index in [9.17, 15) is 18.0 Å². The van der Waals surface area contributed by atoms with E-state index in [1.165, 1.54) is 19.2 Å². The number of sulfonamides is 1. The maximum atomic E-state index is 12.1. The van der Waals surface area contributed by atoms with Crippen molar-refractivity contribution < 1.29 is 27.9 Å². The van der Waals surface area contributed by atoms with E-state index in [0.717, 1.165) is 0 Å². The van der Waals surface area contributed by atoms with Crippen molar-refractivity contribution in [3.05, 3.63) is 35.4 Å². The fourth-order valence-electron chi connectivity index (χ4n) is 2.34. The Hall–Kier alpha value is -1.93. The van der Waals surface area contributed by atoms with Gasteiger partial charge < -0.3 is 9.84 Å². The molecule has 126 valence electrons. The van der Waals surface area contributed by atoms with E-state index in [1.54, 1.807) is 12.1 Å². The molecule has 1 aliphatic rings. The van der Waals surface area contributed by atoms with E-state index in [1.807, 2.05) is 0 Å². The maximum absolute atomic E-state index is 12.1. The van der Waals surface area contributed by atoms with Crippen LogP contribution in [-0.2, 0) is 26.1 Å². The highest BCUT2D eigenvalue weighted by Crippen LogP contribution is 2.49. The first-order chi connectivity index (χ1) is 10.8. The smallest absolute Gasteiger partial charge is 0.335 e. The lowest BCUT2D eigenvalue weighted by molar-refractivity contribution is -0.141. The molecule has 0 radical (unpaired) electrons. The minimum absolute atomic E-state index is 0.0799.